The van der Waals surface area contributed by atoms with Crippen LogP contribution in [0, 0.1) is 5.82 Å². The van der Waals surface area contributed by atoms with Crippen LogP contribution in [-0.4, -0.2) is 11.1 Å². The minimum atomic E-state index is -1.05. The summed E-state index contributed by atoms with van der Waals surface area (Å²) in [5.41, 5.74) is 0.762. The molecule has 0 aliphatic heterocycles. The lowest BCUT2D eigenvalue weighted by molar-refractivity contribution is -0.138. The first kappa shape index (κ1) is 14.8. The average molecular weight is 313 g/mol. The molecule has 0 amide bonds. The maximum atomic E-state index is 13.8. The highest BCUT2D eigenvalue weighted by molar-refractivity contribution is 6.31. The van der Waals surface area contributed by atoms with E-state index in [0.717, 1.165) is 0 Å². The van der Waals surface area contributed by atoms with E-state index in [9.17, 15) is 14.3 Å². The van der Waals surface area contributed by atoms with Gasteiger partial charge in [-0.3, -0.25) is 4.79 Å². The number of rotatable bonds is 4. The van der Waals surface area contributed by atoms with Crippen molar-refractivity contribution in [2.24, 2.45) is 0 Å². The molecule has 2 aromatic rings. The van der Waals surface area contributed by atoms with Crippen LogP contribution in [0.1, 0.15) is 17.0 Å². The van der Waals surface area contributed by atoms with E-state index < -0.39 is 17.7 Å². The zero-order valence-electron chi connectivity index (χ0n) is 10.3. The molecule has 2 rings (SSSR count). The molecule has 0 fully saturated rings. The van der Waals surface area contributed by atoms with Crippen molar-refractivity contribution in [1.82, 2.24) is 0 Å². The highest BCUT2D eigenvalue weighted by Gasteiger charge is 2.23. The normalized spacial score (nSPS) is 12.2. The fourth-order valence-corrected chi connectivity index (χ4v) is 2.42. The maximum absolute atomic E-state index is 13.8. The second kappa shape index (κ2) is 6.25. The highest BCUT2D eigenvalue weighted by atomic mass is 35.5. The minimum Gasteiger partial charge on any atom is -0.481 e. The molecule has 0 saturated heterocycles. The first-order chi connectivity index (χ1) is 9.49. The van der Waals surface area contributed by atoms with Gasteiger partial charge in [-0.05, 0) is 35.7 Å². The molecule has 1 unspecified atom stereocenters. The van der Waals surface area contributed by atoms with E-state index >= 15 is 0 Å². The number of carboxylic acid groups (broad SMARTS) is 1. The lowest BCUT2D eigenvalue weighted by Crippen LogP contribution is -2.15. The monoisotopic (exact) mass is 312 g/mol. The van der Waals surface area contributed by atoms with Gasteiger partial charge in [0.1, 0.15) is 5.82 Å². The van der Waals surface area contributed by atoms with E-state index in [4.69, 9.17) is 23.2 Å². The zero-order valence-corrected chi connectivity index (χ0v) is 11.8. The van der Waals surface area contributed by atoms with Crippen LogP contribution in [0.2, 0.25) is 10.0 Å². The number of benzene rings is 2. The molecule has 5 heteroatoms. The first-order valence-electron chi connectivity index (χ1n) is 5.90. The lowest BCUT2D eigenvalue weighted by Gasteiger charge is -2.15. The first-order valence-corrected chi connectivity index (χ1v) is 6.66. The number of aliphatic carboxylic acids is 1. The lowest BCUT2D eigenvalue weighted by atomic mass is 9.92. The van der Waals surface area contributed by atoms with Crippen molar-refractivity contribution in [3.63, 3.8) is 0 Å². The molecule has 1 atom stereocenters. The molecule has 1 N–H and O–H groups in total. The van der Waals surface area contributed by atoms with Crippen LogP contribution in [0.3, 0.4) is 0 Å². The molecule has 0 saturated carbocycles. The fraction of sp³-hybridized carbons (Fsp3) is 0.133. The SMILES string of the molecule is O=C(O)C(Cc1ccc(Cl)cc1F)c1ccccc1Cl. The second-order valence-corrected chi connectivity index (χ2v) is 5.20. The number of carbonyl (C=O) groups is 1. The third-order valence-electron chi connectivity index (χ3n) is 3.02. The molecule has 0 aromatic heterocycles. The van der Waals surface area contributed by atoms with Crippen LogP contribution in [0.15, 0.2) is 42.5 Å². The Labute approximate surface area is 125 Å². The predicted octanol–water partition coefficient (Wildman–Crippen LogP) is 4.54. The summed E-state index contributed by atoms with van der Waals surface area (Å²) in [5.74, 6) is -2.47. The standard InChI is InChI=1S/C15H11Cl2FO2/c16-10-6-5-9(14(18)8-10)7-12(15(19)20)11-3-1-2-4-13(11)17/h1-6,8,12H,7H2,(H,19,20). The van der Waals surface area contributed by atoms with Gasteiger partial charge in [-0.15, -0.1) is 0 Å². The van der Waals surface area contributed by atoms with Crippen molar-refractivity contribution in [3.05, 3.63) is 69.5 Å². The molecule has 0 spiro atoms. The Balaban J connectivity index is 2.36. The Kier molecular flexibility index (Phi) is 4.63. The predicted molar refractivity (Wildman–Crippen MR) is 76.9 cm³/mol. The van der Waals surface area contributed by atoms with Gasteiger partial charge in [0.25, 0.3) is 0 Å². The van der Waals surface area contributed by atoms with Crippen molar-refractivity contribution < 1.29 is 14.3 Å². The number of hydrogen-bond acceptors (Lipinski definition) is 1. The smallest absolute Gasteiger partial charge is 0.311 e. The maximum Gasteiger partial charge on any atom is 0.311 e. The number of hydrogen-bond donors (Lipinski definition) is 1. The molecule has 20 heavy (non-hydrogen) atoms. The van der Waals surface area contributed by atoms with Crippen LogP contribution in [0.5, 0.6) is 0 Å². The van der Waals surface area contributed by atoms with E-state index in [0.29, 0.717) is 16.1 Å². The summed E-state index contributed by atoms with van der Waals surface area (Å²) in [5, 5.41) is 9.98. The van der Waals surface area contributed by atoms with Crippen LogP contribution in [0.25, 0.3) is 0 Å². The molecule has 2 aromatic carbocycles. The molecule has 0 aliphatic carbocycles. The highest BCUT2D eigenvalue weighted by Crippen LogP contribution is 2.29. The molecule has 2 nitrogen and oxygen atoms in total. The Morgan fingerprint density at radius 1 is 1.20 bits per heavy atom. The molecular formula is C15H11Cl2FO2. The van der Waals surface area contributed by atoms with E-state index in [1.54, 1.807) is 24.3 Å². The van der Waals surface area contributed by atoms with Crippen molar-refractivity contribution in [3.8, 4) is 0 Å². The van der Waals surface area contributed by atoms with Crippen LogP contribution in [0.4, 0.5) is 4.39 Å². The van der Waals surface area contributed by atoms with Crippen molar-refractivity contribution in [2.75, 3.05) is 0 Å². The Morgan fingerprint density at radius 2 is 1.90 bits per heavy atom. The quantitative estimate of drug-likeness (QED) is 0.899. The molecule has 104 valence electrons. The largest absolute Gasteiger partial charge is 0.481 e. The van der Waals surface area contributed by atoms with Crippen LogP contribution >= 0.6 is 23.2 Å². The molecular weight excluding hydrogens is 302 g/mol. The van der Waals surface area contributed by atoms with Gasteiger partial charge in [0.15, 0.2) is 0 Å². The number of halogens is 3. The summed E-state index contributed by atoms with van der Waals surface area (Å²) in [6.45, 7) is 0. The molecule has 0 radical (unpaired) electrons. The van der Waals surface area contributed by atoms with E-state index in [1.807, 2.05) is 0 Å². The summed E-state index contributed by atoms with van der Waals surface area (Å²) >= 11 is 11.7. The molecule has 0 bridgehead atoms. The van der Waals surface area contributed by atoms with Gasteiger partial charge in [-0.1, -0.05) is 47.5 Å². The van der Waals surface area contributed by atoms with Gasteiger partial charge in [-0.2, -0.15) is 0 Å². The summed E-state index contributed by atoms with van der Waals surface area (Å²) in [6, 6.07) is 10.9. The number of carboxylic acids is 1. The molecule has 0 aliphatic rings. The van der Waals surface area contributed by atoms with E-state index in [-0.39, 0.29) is 11.4 Å². The topological polar surface area (TPSA) is 37.3 Å². The van der Waals surface area contributed by atoms with E-state index in [2.05, 4.69) is 0 Å². The van der Waals surface area contributed by atoms with Gasteiger partial charge in [0, 0.05) is 10.0 Å². The Bertz CT molecular complexity index is 644. The van der Waals surface area contributed by atoms with Crippen molar-refractivity contribution in [1.29, 1.82) is 0 Å². The van der Waals surface area contributed by atoms with Gasteiger partial charge >= 0.3 is 5.97 Å². The van der Waals surface area contributed by atoms with Crippen molar-refractivity contribution in [2.45, 2.75) is 12.3 Å². The third kappa shape index (κ3) is 3.30. The fourth-order valence-electron chi connectivity index (χ4n) is 2.00. The van der Waals surface area contributed by atoms with Gasteiger partial charge < -0.3 is 5.11 Å². The van der Waals surface area contributed by atoms with Crippen molar-refractivity contribution >= 4 is 29.2 Å². The van der Waals surface area contributed by atoms with Crippen LogP contribution < -0.4 is 0 Å². The van der Waals surface area contributed by atoms with Gasteiger partial charge in [-0.25, -0.2) is 4.39 Å². The average Bonchev–Trinajstić information content (AvgIpc) is 2.39. The van der Waals surface area contributed by atoms with Gasteiger partial charge in [0.2, 0.25) is 0 Å². The summed E-state index contributed by atoms with van der Waals surface area (Å²) in [7, 11) is 0. The second-order valence-electron chi connectivity index (χ2n) is 4.35. The Hall–Kier alpha value is -1.58. The Morgan fingerprint density at radius 3 is 2.50 bits per heavy atom. The summed E-state index contributed by atoms with van der Waals surface area (Å²) in [6.07, 6.45) is 0.0159. The third-order valence-corrected chi connectivity index (χ3v) is 3.60. The molecule has 0 heterocycles. The minimum absolute atomic E-state index is 0.0159. The van der Waals surface area contributed by atoms with E-state index in [1.165, 1.54) is 18.2 Å². The summed E-state index contributed by atoms with van der Waals surface area (Å²) < 4.78 is 13.8. The zero-order chi connectivity index (χ0) is 14.7. The van der Waals surface area contributed by atoms with Gasteiger partial charge in [0.05, 0.1) is 5.92 Å². The summed E-state index contributed by atoms with van der Waals surface area (Å²) in [4.78, 5) is 11.4. The van der Waals surface area contributed by atoms with Crippen LogP contribution in [-0.2, 0) is 11.2 Å².